The second-order valence-corrected chi connectivity index (χ2v) is 12.4. The Morgan fingerprint density at radius 1 is 0.476 bits per heavy atom. The molecule has 0 aromatic carbocycles. The van der Waals surface area contributed by atoms with Crippen molar-refractivity contribution in [3.8, 4) is 0 Å². The van der Waals surface area contributed by atoms with Crippen LogP contribution >= 0.6 is 0 Å². The summed E-state index contributed by atoms with van der Waals surface area (Å²) in [6, 6.07) is 0. The average molecular weight is 591 g/mol. The molecule has 0 bridgehead atoms. The number of rotatable bonds is 31. The number of carbonyl (C=O) groups excluding carboxylic acids is 2. The van der Waals surface area contributed by atoms with Crippen LogP contribution in [0, 0.1) is 11.8 Å². The molecule has 0 fully saturated rings. The van der Waals surface area contributed by atoms with Gasteiger partial charge in [0.05, 0.1) is 14.2 Å². The van der Waals surface area contributed by atoms with E-state index in [1.165, 1.54) is 143 Å². The minimum absolute atomic E-state index is 0.0832. The smallest absolute Gasteiger partial charge is 0.305 e. The first-order valence-corrected chi connectivity index (χ1v) is 18.1. The van der Waals surface area contributed by atoms with Crippen molar-refractivity contribution in [3.05, 3.63) is 24.3 Å². The number of carbonyl (C=O) groups is 2. The molecule has 0 aromatic heterocycles. The van der Waals surface area contributed by atoms with E-state index in [1.54, 1.807) is 0 Å². The molecule has 0 spiro atoms. The third-order valence-electron chi connectivity index (χ3n) is 8.56. The van der Waals surface area contributed by atoms with Gasteiger partial charge in [0.2, 0.25) is 0 Å². The predicted molar refractivity (Wildman–Crippen MR) is 181 cm³/mol. The Morgan fingerprint density at radius 2 is 0.810 bits per heavy atom. The lowest BCUT2D eigenvalue weighted by Gasteiger charge is -2.23. The molecule has 0 radical (unpaired) electrons. The molecule has 4 nitrogen and oxygen atoms in total. The van der Waals surface area contributed by atoms with Gasteiger partial charge in [0.25, 0.3) is 0 Å². The summed E-state index contributed by atoms with van der Waals surface area (Å²) < 4.78 is 9.48. The van der Waals surface area contributed by atoms with Gasteiger partial charge in [-0.3, -0.25) is 9.59 Å². The van der Waals surface area contributed by atoms with Gasteiger partial charge in [0, 0.05) is 12.8 Å². The maximum absolute atomic E-state index is 11.3. The first-order valence-electron chi connectivity index (χ1n) is 18.1. The number of unbranched alkanes of at least 4 members (excludes halogenated alkanes) is 18. The Labute approximate surface area is 261 Å². The molecule has 0 N–H and O–H groups in total. The Morgan fingerprint density at radius 3 is 1.19 bits per heavy atom. The highest BCUT2D eigenvalue weighted by Gasteiger charge is 2.16. The van der Waals surface area contributed by atoms with E-state index in [-0.39, 0.29) is 11.9 Å². The van der Waals surface area contributed by atoms with Crippen LogP contribution in [0.4, 0.5) is 0 Å². The fourth-order valence-corrected chi connectivity index (χ4v) is 5.74. The molecule has 0 saturated heterocycles. The second-order valence-electron chi connectivity index (χ2n) is 12.4. The molecule has 0 aliphatic heterocycles. The third kappa shape index (κ3) is 27.3. The van der Waals surface area contributed by atoms with Gasteiger partial charge in [-0.15, -0.1) is 0 Å². The average Bonchev–Trinajstić information content (AvgIpc) is 3.00. The van der Waals surface area contributed by atoms with Crippen LogP contribution in [0.5, 0.6) is 0 Å². The largest absolute Gasteiger partial charge is 0.469 e. The molecule has 4 heteroatoms. The Kier molecular flexibility index (Phi) is 31.1. The molecule has 0 aromatic rings. The minimum atomic E-state index is -0.0832. The number of methoxy groups -OCH3 is 2. The SMILES string of the molecule is CCCCCCCC(C=CCCCCCCCC(=O)OC)C(C=CCCCCCCCC(=O)OC)CCCCCCC. The zero-order valence-corrected chi connectivity index (χ0v) is 28.5. The van der Waals surface area contributed by atoms with Gasteiger partial charge in [-0.1, -0.05) is 141 Å². The Hall–Kier alpha value is -1.58. The number of esters is 2. The maximum Gasteiger partial charge on any atom is 0.305 e. The van der Waals surface area contributed by atoms with E-state index in [1.807, 2.05) is 0 Å². The van der Waals surface area contributed by atoms with Crippen LogP contribution in [0.25, 0.3) is 0 Å². The lowest BCUT2D eigenvalue weighted by atomic mass is 9.83. The summed E-state index contributed by atoms with van der Waals surface area (Å²) in [6.07, 6.45) is 41.3. The molecule has 2 atom stereocenters. The van der Waals surface area contributed by atoms with Crippen molar-refractivity contribution in [2.24, 2.45) is 11.8 Å². The highest BCUT2D eigenvalue weighted by Crippen LogP contribution is 2.28. The van der Waals surface area contributed by atoms with Crippen molar-refractivity contribution >= 4 is 11.9 Å². The fourth-order valence-electron chi connectivity index (χ4n) is 5.74. The van der Waals surface area contributed by atoms with Crippen molar-refractivity contribution in [3.63, 3.8) is 0 Å². The summed E-state index contributed by atoms with van der Waals surface area (Å²) >= 11 is 0. The molecule has 2 unspecified atom stereocenters. The van der Waals surface area contributed by atoms with Crippen LogP contribution in [0.3, 0.4) is 0 Å². The molecule has 0 aliphatic carbocycles. The van der Waals surface area contributed by atoms with E-state index >= 15 is 0 Å². The number of hydrogen-bond donors (Lipinski definition) is 0. The van der Waals surface area contributed by atoms with E-state index in [9.17, 15) is 9.59 Å². The van der Waals surface area contributed by atoms with Crippen molar-refractivity contribution in [2.75, 3.05) is 14.2 Å². The number of ether oxygens (including phenoxy) is 2. The zero-order chi connectivity index (χ0) is 30.9. The van der Waals surface area contributed by atoms with Crippen LogP contribution in [0.1, 0.15) is 181 Å². The normalized spacial score (nSPS) is 13.1. The predicted octanol–water partition coefficient (Wildman–Crippen LogP) is 11.9. The molecule has 0 rings (SSSR count). The number of hydrogen-bond acceptors (Lipinski definition) is 4. The molecular formula is C38H70O4. The molecule has 0 aliphatic rings. The molecule has 42 heavy (non-hydrogen) atoms. The van der Waals surface area contributed by atoms with Crippen LogP contribution in [-0.2, 0) is 19.1 Å². The van der Waals surface area contributed by atoms with E-state index in [4.69, 9.17) is 9.47 Å². The summed E-state index contributed by atoms with van der Waals surface area (Å²) in [5, 5.41) is 0. The summed E-state index contributed by atoms with van der Waals surface area (Å²) in [7, 11) is 2.94. The molecule has 246 valence electrons. The summed E-state index contributed by atoms with van der Waals surface area (Å²) in [5.41, 5.74) is 0. The van der Waals surface area contributed by atoms with Gasteiger partial charge in [-0.25, -0.2) is 0 Å². The van der Waals surface area contributed by atoms with Crippen LogP contribution < -0.4 is 0 Å². The highest BCUT2D eigenvalue weighted by atomic mass is 16.5. The van der Waals surface area contributed by atoms with Crippen LogP contribution in [0.2, 0.25) is 0 Å². The fraction of sp³-hybridized carbons (Fsp3) is 0.842. The van der Waals surface area contributed by atoms with Gasteiger partial charge in [-0.2, -0.15) is 0 Å². The molecular weight excluding hydrogens is 520 g/mol. The highest BCUT2D eigenvalue weighted by molar-refractivity contribution is 5.69. The summed E-state index contributed by atoms with van der Waals surface area (Å²) in [6.45, 7) is 4.60. The van der Waals surface area contributed by atoms with Gasteiger partial charge in [0.15, 0.2) is 0 Å². The van der Waals surface area contributed by atoms with Gasteiger partial charge < -0.3 is 9.47 Å². The van der Waals surface area contributed by atoms with Crippen molar-refractivity contribution in [1.82, 2.24) is 0 Å². The van der Waals surface area contributed by atoms with E-state index in [0.29, 0.717) is 24.7 Å². The van der Waals surface area contributed by atoms with Gasteiger partial charge >= 0.3 is 11.9 Å². The quantitative estimate of drug-likeness (QED) is 0.0458. The van der Waals surface area contributed by atoms with Crippen LogP contribution in [0.15, 0.2) is 24.3 Å². The lowest BCUT2D eigenvalue weighted by Crippen LogP contribution is -2.11. The summed E-state index contributed by atoms with van der Waals surface area (Å²) in [4.78, 5) is 22.5. The third-order valence-corrected chi connectivity index (χ3v) is 8.56. The second kappa shape index (κ2) is 32.3. The topological polar surface area (TPSA) is 52.6 Å². The molecule has 0 saturated carbocycles. The van der Waals surface area contributed by atoms with Crippen LogP contribution in [-0.4, -0.2) is 26.2 Å². The van der Waals surface area contributed by atoms with Gasteiger partial charge in [-0.05, 0) is 63.2 Å². The first-order chi connectivity index (χ1) is 20.6. The van der Waals surface area contributed by atoms with E-state index < -0.39 is 0 Å². The zero-order valence-electron chi connectivity index (χ0n) is 28.5. The molecule has 0 amide bonds. The van der Waals surface area contributed by atoms with Crippen molar-refractivity contribution < 1.29 is 19.1 Å². The molecule has 0 heterocycles. The van der Waals surface area contributed by atoms with E-state index in [0.717, 1.165) is 25.7 Å². The first kappa shape index (κ1) is 40.4. The standard InChI is InChI=1S/C38H70O4/c1-5-7-9-17-23-29-35(31-25-19-13-11-15-21-27-33-37(39)41-3)36(30-24-18-10-8-6-2)32-26-20-14-12-16-22-28-34-38(40)42-4/h25-26,31-32,35-36H,5-24,27-30,33-34H2,1-4H3. The van der Waals surface area contributed by atoms with E-state index in [2.05, 4.69) is 38.2 Å². The number of allylic oxidation sites excluding steroid dienone is 4. The monoisotopic (exact) mass is 591 g/mol. The lowest BCUT2D eigenvalue weighted by molar-refractivity contribution is -0.141. The minimum Gasteiger partial charge on any atom is -0.469 e. The Balaban J connectivity index is 4.84. The Bertz CT molecular complexity index is 597. The van der Waals surface area contributed by atoms with Crippen molar-refractivity contribution in [2.45, 2.75) is 181 Å². The van der Waals surface area contributed by atoms with Crippen molar-refractivity contribution in [1.29, 1.82) is 0 Å². The maximum atomic E-state index is 11.3. The van der Waals surface area contributed by atoms with Gasteiger partial charge in [0.1, 0.15) is 0 Å². The summed E-state index contributed by atoms with van der Waals surface area (Å²) in [5.74, 6) is 1.15.